The average molecular weight is 333 g/mol. The van der Waals surface area contributed by atoms with E-state index in [0.29, 0.717) is 0 Å². The first kappa shape index (κ1) is 13.1. The summed E-state index contributed by atoms with van der Waals surface area (Å²) in [4.78, 5) is 21.6. The van der Waals surface area contributed by atoms with Gasteiger partial charge < -0.3 is 4.74 Å². The molecule has 86 valence electrons. The number of carbonyl (C=O) groups is 1. The van der Waals surface area contributed by atoms with Crippen LogP contribution in [0.3, 0.4) is 0 Å². The van der Waals surface area contributed by atoms with Gasteiger partial charge >= 0.3 is 5.97 Å². The molecule has 0 spiro atoms. The maximum absolute atomic E-state index is 10.8. The Morgan fingerprint density at radius 1 is 1.38 bits per heavy atom. The summed E-state index contributed by atoms with van der Waals surface area (Å²) in [7, 11) is 0. The number of nitroso groups, excluding NO2 is 1. The summed E-state index contributed by atoms with van der Waals surface area (Å²) in [5.41, 5.74) is 0.754. The van der Waals surface area contributed by atoms with Gasteiger partial charge in [-0.05, 0) is 47.2 Å². The van der Waals surface area contributed by atoms with E-state index in [1.165, 1.54) is 6.92 Å². The molecule has 0 aromatic heterocycles. The molecule has 0 saturated heterocycles. The Balaban J connectivity index is 2.85. The minimum Gasteiger partial charge on any atom is -0.460 e. The van der Waals surface area contributed by atoms with Gasteiger partial charge in [-0.15, -0.1) is 0 Å². The van der Waals surface area contributed by atoms with Crippen LogP contribution in [0.2, 0.25) is 0 Å². The molecule has 1 aromatic rings. The van der Waals surface area contributed by atoms with Gasteiger partial charge in [-0.2, -0.15) is 4.91 Å². The second kappa shape index (κ2) is 5.93. The number of rotatable bonds is 4. The maximum Gasteiger partial charge on any atom is 0.302 e. The lowest BCUT2D eigenvalue weighted by Crippen LogP contribution is -2.19. The number of hydrogen-bond donors (Lipinski definition) is 0. The third kappa shape index (κ3) is 3.55. The smallest absolute Gasteiger partial charge is 0.302 e. The van der Waals surface area contributed by atoms with Crippen LogP contribution >= 0.6 is 22.6 Å². The Labute approximate surface area is 107 Å². The molecule has 0 heterocycles. The number of nitrogens with zero attached hydrogens (tertiary/aromatic N) is 1. The fraction of sp³-hybridized carbons (Fsp3) is 0.364. The van der Waals surface area contributed by atoms with E-state index >= 15 is 0 Å². The summed E-state index contributed by atoms with van der Waals surface area (Å²) in [6, 6.07) is 6.74. The summed E-state index contributed by atoms with van der Waals surface area (Å²) in [5, 5.41) is 3.01. The van der Waals surface area contributed by atoms with Crippen molar-refractivity contribution in [3.05, 3.63) is 38.3 Å². The molecule has 1 aromatic carbocycles. The molecule has 2 atom stereocenters. The van der Waals surface area contributed by atoms with Gasteiger partial charge in [-0.3, -0.25) is 4.79 Å². The summed E-state index contributed by atoms with van der Waals surface area (Å²) in [6.07, 6.45) is -0.546. The predicted octanol–water partition coefficient (Wildman–Crippen LogP) is 3.05. The molecule has 0 fully saturated rings. The molecule has 0 bridgehead atoms. The second-order valence-corrected chi connectivity index (χ2v) is 4.66. The van der Waals surface area contributed by atoms with Crippen molar-refractivity contribution in [2.24, 2.45) is 5.18 Å². The van der Waals surface area contributed by atoms with Gasteiger partial charge in [0.1, 0.15) is 6.10 Å². The quantitative estimate of drug-likeness (QED) is 0.483. The van der Waals surface area contributed by atoms with E-state index in [0.717, 1.165) is 9.13 Å². The molecule has 5 heteroatoms. The Hall–Kier alpha value is -0.980. The van der Waals surface area contributed by atoms with E-state index in [9.17, 15) is 9.70 Å². The molecule has 0 N–H and O–H groups in total. The van der Waals surface area contributed by atoms with Crippen molar-refractivity contribution >= 4 is 28.6 Å². The average Bonchev–Trinajstić information content (AvgIpc) is 2.21. The van der Waals surface area contributed by atoms with E-state index in [2.05, 4.69) is 27.8 Å². The summed E-state index contributed by atoms with van der Waals surface area (Å²) >= 11 is 2.18. The third-order valence-corrected chi connectivity index (χ3v) is 2.84. The van der Waals surface area contributed by atoms with Crippen molar-refractivity contribution in [2.45, 2.75) is 26.0 Å². The Morgan fingerprint density at radius 2 is 1.94 bits per heavy atom. The van der Waals surface area contributed by atoms with Crippen LogP contribution in [0.15, 0.2) is 29.4 Å². The highest BCUT2D eigenvalue weighted by molar-refractivity contribution is 14.1. The van der Waals surface area contributed by atoms with E-state index in [-0.39, 0.29) is 0 Å². The van der Waals surface area contributed by atoms with Gasteiger partial charge in [0, 0.05) is 10.5 Å². The minimum absolute atomic E-state index is 0.410. The lowest BCUT2D eigenvalue weighted by molar-refractivity contribution is -0.146. The Morgan fingerprint density at radius 3 is 2.38 bits per heavy atom. The van der Waals surface area contributed by atoms with Crippen LogP contribution in [-0.4, -0.2) is 12.1 Å². The molecular formula is C11H12INO3. The number of hydrogen-bond acceptors (Lipinski definition) is 4. The van der Waals surface area contributed by atoms with E-state index < -0.39 is 18.1 Å². The number of carbonyl (C=O) groups excluding carboxylic acids is 1. The van der Waals surface area contributed by atoms with E-state index in [4.69, 9.17) is 4.74 Å². The molecule has 0 aliphatic heterocycles. The summed E-state index contributed by atoms with van der Waals surface area (Å²) in [5.74, 6) is -0.410. The molecule has 0 radical (unpaired) electrons. The van der Waals surface area contributed by atoms with Gasteiger partial charge in [-0.1, -0.05) is 17.3 Å². The van der Waals surface area contributed by atoms with Gasteiger partial charge in [-0.25, -0.2) is 0 Å². The predicted molar refractivity (Wildman–Crippen MR) is 68.9 cm³/mol. The van der Waals surface area contributed by atoms with Gasteiger partial charge in [0.2, 0.25) is 0 Å². The molecule has 0 aliphatic rings. The van der Waals surface area contributed by atoms with Gasteiger partial charge in [0.05, 0.1) is 0 Å². The highest BCUT2D eigenvalue weighted by atomic mass is 127. The zero-order valence-electron chi connectivity index (χ0n) is 9.01. The topological polar surface area (TPSA) is 55.7 Å². The van der Waals surface area contributed by atoms with Crippen LogP contribution < -0.4 is 0 Å². The first-order chi connectivity index (χ1) is 7.54. The Kier molecular flexibility index (Phi) is 4.85. The molecule has 0 saturated carbocycles. The minimum atomic E-state index is -0.652. The normalized spacial score (nSPS) is 13.9. The molecule has 0 aliphatic carbocycles. The third-order valence-electron chi connectivity index (χ3n) is 2.12. The van der Waals surface area contributed by atoms with E-state index in [1.54, 1.807) is 6.92 Å². The zero-order valence-corrected chi connectivity index (χ0v) is 11.2. The Bertz CT molecular complexity index is 377. The highest BCUT2D eigenvalue weighted by Gasteiger charge is 2.22. The van der Waals surface area contributed by atoms with Crippen molar-refractivity contribution in [3.63, 3.8) is 0 Å². The lowest BCUT2D eigenvalue weighted by Gasteiger charge is -2.17. The number of halogens is 1. The highest BCUT2D eigenvalue weighted by Crippen LogP contribution is 2.24. The van der Waals surface area contributed by atoms with Crippen molar-refractivity contribution in [1.82, 2.24) is 0 Å². The largest absolute Gasteiger partial charge is 0.460 e. The molecular weight excluding hydrogens is 321 g/mol. The summed E-state index contributed by atoms with van der Waals surface area (Å²) in [6.45, 7) is 2.97. The number of benzene rings is 1. The monoisotopic (exact) mass is 333 g/mol. The fourth-order valence-corrected chi connectivity index (χ4v) is 1.76. The lowest BCUT2D eigenvalue weighted by atomic mass is 10.0. The fourth-order valence-electron chi connectivity index (χ4n) is 1.40. The summed E-state index contributed by atoms with van der Waals surface area (Å²) < 4.78 is 6.03. The number of ether oxygens (including phenoxy) is 1. The van der Waals surface area contributed by atoms with Gasteiger partial charge in [0.25, 0.3) is 0 Å². The van der Waals surface area contributed by atoms with Crippen molar-refractivity contribution in [1.29, 1.82) is 0 Å². The SMILES string of the molecule is CC(=O)OC(C)C(N=O)c1ccc(I)cc1. The van der Waals surface area contributed by atoms with Crippen LogP contribution in [0.1, 0.15) is 25.5 Å². The van der Waals surface area contributed by atoms with Crippen molar-refractivity contribution < 1.29 is 9.53 Å². The maximum atomic E-state index is 10.8. The standard InChI is InChI=1S/C11H12INO3/c1-7(16-8(2)14)11(13-15)9-3-5-10(12)6-4-9/h3-7,11H,1-2H3. The van der Waals surface area contributed by atoms with Crippen molar-refractivity contribution in [2.75, 3.05) is 0 Å². The van der Waals surface area contributed by atoms with Crippen LogP contribution in [-0.2, 0) is 9.53 Å². The van der Waals surface area contributed by atoms with E-state index in [1.807, 2.05) is 24.3 Å². The number of esters is 1. The molecule has 2 unspecified atom stereocenters. The van der Waals surface area contributed by atoms with Crippen LogP contribution in [0.25, 0.3) is 0 Å². The van der Waals surface area contributed by atoms with Crippen LogP contribution in [0.4, 0.5) is 0 Å². The zero-order chi connectivity index (χ0) is 12.1. The molecule has 0 amide bonds. The first-order valence-corrected chi connectivity index (χ1v) is 5.87. The van der Waals surface area contributed by atoms with Crippen molar-refractivity contribution in [3.8, 4) is 0 Å². The first-order valence-electron chi connectivity index (χ1n) is 4.79. The van der Waals surface area contributed by atoms with Crippen LogP contribution in [0.5, 0.6) is 0 Å². The second-order valence-electron chi connectivity index (χ2n) is 3.42. The van der Waals surface area contributed by atoms with Gasteiger partial charge in [0.15, 0.2) is 6.04 Å². The molecule has 4 nitrogen and oxygen atoms in total. The van der Waals surface area contributed by atoms with Crippen LogP contribution in [0, 0.1) is 8.48 Å². The molecule has 1 rings (SSSR count). The molecule has 16 heavy (non-hydrogen) atoms.